The molecule has 92 valence electrons. The van der Waals surface area contributed by atoms with Gasteiger partial charge in [-0.2, -0.15) is 0 Å². The van der Waals surface area contributed by atoms with Crippen LogP contribution in [-0.4, -0.2) is 23.8 Å². The molecule has 4 nitrogen and oxygen atoms in total. The first-order valence-electron chi connectivity index (χ1n) is 5.82. The normalized spacial score (nSPS) is 11.2. The third-order valence-electron chi connectivity index (χ3n) is 2.77. The SMILES string of the molecule is CNCCc1nnc(-c2coc3ccccc23)s1. The van der Waals surface area contributed by atoms with E-state index < -0.39 is 0 Å². The van der Waals surface area contributed by atoms with E-state index in [0.717, 1.165) is 39.5 Å². The topological polar surface area (TPSA) is 51.0 Å². The minimum Gasteiger partial charge on any atom is -0.464 e. The molecule has 5 heteroatoms. The zero-order valence-corrected chi connectivity index (χ0v) is 10.8. The molecule has 18 heavy (non-hydrogen) atoms. The Morgan fingerprint density at radius 2 is 2.17 bits per heavy atom. The van der Waals surface area contributed by atoms with Crippen molar-refractivity contribution in [2.45, 2.75) is 6.42 Å². The predicted molar refractivity (Wildman–Crippen MR) is 72.7 cm³/mol. The molecule has 0 saturated heterocycles. The minimum atomic E-state index is 0.888. The summed E-state index contributed by atoms with van der Waals surface area (Å²) >= 11 is 1.62. The average molecular weight is 259 g/mol. The number of hydrogen-bond acceptors (Lipinski definition) is 5. The highest BCUT2D eigenvalue weighted by atomic mass is 32.1. The van der Waals surface area contributed by atoms with E-state index in [9.17, 15) is 0 Å². The van der Waals surface area contributed by atoms with Gasteiger partial charge in [0.15, 0.2) is 5.01 Å². The summed E-state index contributed by atoms with van der Waals surface area (Å²) in [4.78, 5) is 0. The van der Waals surface area contributed by atoms with Crippen LogP contribution in [0.2, 0.25) is 0 Å². The molecule has 0 radical (unpaired) electrons. The molecule has 1 N–H and O–H groups in total. The fourth-order valence-corrected chi connectivity index (χ4v) is 2.70. The fraction of sp³-hybridized carbons (Fsp3) is 0.231. The molecule has 0 atom stereocenters. The Labute approximate surface area is 109 Å². The number of likely N-dealkylation sites (N-methyl/N-ethyl adjacent to an activating group) is 1. The number of aromatic nitrogens is 2. The Morgan fingerprint density at radius 3 is 3.06 bits per heavy atom. The third kappa shape index (κ3) is 2.02. The zero-order chi connectivity index (χ0) is 12.4. The van der Waals surface area contributed by atoms with E-state index in [1.165, 1.54) is 0 Å². The van der Waals surface area contributed by atoms with Crippen molar-refractivity contribution in [1.82, 2.24) is 15.5 Å². The maximum Gasteiger partial charge on any atom is 0.151 e. The summed E-state index contributed by atoms with van der Waals surface area (Å²) in [6.45, 7) is 0.917. The van der Waals surface area contributed by atoms with Gasteiger partial charge in [-0.25, -0.2) is 0 Å². The lowest BCUT2D eigenvalue weighted by Crippen LogP contribution is -2.09. The smallest absolute Gasteiger partial charge is 0.151 e. The lowest BCUT2D eigenvalue weighted by Gasteiger charge is -1.92. The highest BCUT2D eigenvalue weighted by Crippen LogP contribution is 2.32. The Balaban J connectivity index is 1.96. The van der Waals surface area contributed by atoms with Gasteiger partial charge in [-0.05, 0) is 13.1 Å². The van der Waals surface area contributed by atoms with Gasteiger partial charge >= 0.3 is 0 Å². The number of fused-ring (bicyclic) bond motifs is 1. The Bertz CT molecular complexity index is 659. The second kappa shape index (κ2) is 4.88. The maximum absolute atomic E-state index is 5.52. The van der Waals surface area contributed by atoms with Crippen molar-refractivity contribution in [2.75, 3.05) is 13.6 Å². The first-order valence-corrected chi connectivity index (χ1v) is 6.63. The van der Waals surface area contributed by atoms with Crippen LogP contribution in [0.3, 0.4) is 0 Å². The monoisotopic (exact) mass is 259 g/mol. The van der Waals surface area contributed by atoms with Gasteiger partial charge in [0, 0.05) is 18.4 Å². The van der Waals surface area contributed by atoms with Crippen molar-refractivity contribution in [2.24, 2.45) is 0 Å². The molecule has 0 aliphatic heterocycles. The van der Waals surface area contributed by atoms with E-state index >= 15 is 0 Å². The van der Waals surface area contributed by atoms with Gasteiger partial charge < -0.3 is 9.73 Å². The lowest BCUT2D eigenvalue weighted by atomic mass is 10.2. The van der Waals surface area contributed by atoms with E-state index in [1.807, 2.05) is 31.3 Å². The summed E-state index contributed by atoms with van der Waals surface area (Å²) < 4.78 is 5.52. The maximum atomic E-state index is 5.52. The van der Waals surface area contributed by atoms with Crippen LogP contribution >= 0.6 is 11.3 Å². The summed E-state index contributed by atoms with van der Waals surface area (Å²) in [5.74, 6) is 0. The van der Waals surface area contributed by atoms with E-state index in [2.05, 4.69) is 15.5 Å². The van der Waals surface area contributed by atoms with E-state index in [0.29, 0.717) is 0 Å². The van der Waals surface area contributed by atoms with Crippen LogP contribution in [0.4, 0.5) is 0 Å². The quantitative estimate of drug-likeness (QED) is 0.782. The van der Waals surface area contributed by atoms with Gasteiger partial charge in [-0.1, -0.05) is 29.5 Å². The Kier molecular flexibility index (Phi) is 3.08. The molecule has 0 unspecified atom stereocenters. The highest BCUT2D eigenvalue weighted by molar-refractivity contribution is 7.14. The molecule has 0 saturated carbocycles. The Morgan fingerprint density at radius 1 is 1.28 bits per heavy atom. The molecular weight excluding hydrogens is 246 g/mol. The molecule has 0 aliphatic carbocycles. The summed E-state index contributed by atoms with van der Waals surface area (Å²) in [7, 11) is 1.94. The number of nitrogens with zero attached hydrogens (tertiary/aromatic N) is 2. The third-order valence-corrected chi connectivity index (χ3v) is 3.78. The van der Waals surface area contributed by atoms with Gasteiger partial charge in [0.1, 0.15) is 16.9 Å². The van der Waals surface area contributed by atoms with Crippen molar-refractivity contribution < 1.29 is 4.42 Å². The van der Waals surface area contributed by atoms with Crippen LogP contribution in [0.25, 0.3) is 21.5 Å². The molecule has 3 rings (SSSR count). The van der Waals surface area contributed by atoms with Crippen LogP contribution < -0.4 is 5.32 Å². The standard InChI is InChI=1S/C13H13N3OS/c1-14-7-6-12-15-16-13(18-12)10-8-17-11-5-3-2-4-9(10)11/h2-5,8,14H,6-7H2,1H3. The number of furan rings is 1. The average Bonchev–Trinajstić information content (AvgIpc) is 3.02. The second-order valence-corrected chi connectivity index (χ2v) is 5.06. The van der Waals surface area contributed by atoms with Crippen LogP contribution in [-0.2, 0) is 6.42 Å². The number of benzene rings is 1. The number of para-hydroxylation sites is 1. The molecule has 0 bridgehead atoms. The van der Waals surface area contributed by atoms with Gasteiger partial charge in [-0.15, -0.1) is 10.2 Å². The van der Waals surface area contributed by atoms with Crippen molar-refractivity contribution in [3.63, 3.8) is 0 Å². The van der Waals surface area contributed by atoms with Gasteiger partial charge in [0.25, 0.3) is 0 Å². The predicted octanol–water partition coefficient (Wildman–Crippen LogP) is 2.71. The lowest BCUT2D eigenvalue weighted by molar-refractivity contribution is 0.617. The molecule has 0 fully saturated rings. The number of nitrogens with one attached hydrogen (secondary N) is 1. The van der Waals surface area contributed by atoms with E-state index in [4.69, 9.17) is 4.42 Å². The van der Waals surface area contributed by atoms with Crippen molar-refractivity contribution in [3.8, 4) is 10.6 Å². The second-order valence-electron chi connectivity index (χ2n) is 4.00. The molecule has 0 spiro atoms. The fourth-order valence-electron chi connectivity index (χ4n) is 1.84. The Hall–Kier alpha value is -1.72. The van der Waals surface area contributed by atoms with Crippen LogP contribution in [0, 0.1) is 0 Å². The first kappa shape index (κ1) is 11.4. The van der Waals surface area contributed by atoms with Gasteiger partial charge in [0.2, 0.25) is 0 Å². The van der Waals surface area contributed by atoms with Crippen LogP contribution in [0.1, 0.15) is 5.01 Å². The molecular formula is C13H13N3OS. The number of hydrogen-bond donors (Lipinski definition) is 1. The van der Waals surface area contributed by atoms with E-state index in [1.54, 1.807) is 17.6 Å². The van der Waals surface area contributed by atoms with Crippen molar-refractivity contribution >= 4 is 22.3 Å². The largest absolute Gasteiger partial charge is 0.464 e. The zero-order valence-electron chi connectivity index (χ0n) is 10.0. The van der Waals surface area contributed by atoms with Gasteiger partial charge in [0.05, 0.1) is 5.56 Å². The minimum absolute atomic E-state index is 0.888. The summed E-state index contributed by atoms with van der Waals surface area (Å²) in [5, 5.41) is 14.6. The molecule has 2 heterocycles. The number of rotatable bonds is 4. The van der Waals surface area contributed by atoms with Crippen LogP contribution in [0.15, 0.2) is 34.9 Å². The van der Waals surface area contributed by atoms with Crippen LogP contribution in [0.5, 0.6) is 0 Å². The molecule has 3 aromatic rings. The summed E-state index contributed by atoms with van der Waals surface area (Å²) in [6, 6.07) is 7.98. The first-order chi connectivity index (χ1) is 8.88. The summed E-state index contributed by atoms with van der Waals surface area (Å²) in [6.07, 6.45) is 2.66. The van der Waals surface area contributed by atoms with E-state index in [-0.39, 0.29) is 0 Å². The molecule has 0 aliphatic rings. The highest BCUT2D eigenvalue weighted by Gasteiger charge is 2.12. The molecule has 0 amide bonds. The molecule has 2 aromatic heterocycles. The van der Waals surface area contributed by atoms with Crippen molar-refractivity contribution in [1.29, 1.82) is 0 Å². The molecule has 1 aromatic carbocycles. The van der Waals surface area contributed by atoms with Gasteiger partial charge in [-0.3, -0.25) is 0 Å². The summed E-state index contributed by atoms with van der Waals surface area (Å²) in [5.41, 5.74) is 1.92. The van der Waals surface area contributed by atoms with Crippen molar-refractivity contribution in [3.05, 3.63) is 35.5 Å².